The summed E-state index contributed by atoms with van der Waals surface area (Å²) in [5.74, 6) is 0.527. The second-order valence-corrected chi connectivity index (χ2v) is 4.78. The van der Waals surface area contributed by atoms with Gasteiger partial charge in [0.25, 0.3) is 0 Å². The summed E-state index contributed by atoms with van der Waals surface area (Å²) in [5, 5.41) is 8.61. The van der Waals surface area contributed by atoms with E-state index in [0.717, 1.165) is 5.56 Å². The number of rotatable bonds is 4. The molecule has 0 aliphatic rings. The summed E-state index contributed by atoms with van der Waals surface area (Å²) in [6.07, 6.45) is 0. The Hall–Kier alpha value is -1.71. The molecule has 0 spiro atoms. The second-order valence-electron chi connectivity index (χ2n) is 3.93. The molecule has 0 aliphatic heterocycles. The van der Waals surface area contributed by atoms with E-state index < -0.39 is 0 Å². The van der Waals surface area contributed by atoms with Gasteiger partial charge in [-0.1, -0.05) is 41.4 Å². The van der Waals surface area contributed by atoms with Crippen LogP contribution in [-0.2, 0) is 6.61 Å². The van der Waals surface area contributed by atoms with Crippen LogP contribution in [0, 0.1) is 5.41 Å². The van der Waals surface area contributed by atoms with Crippen LogP contribution < -0.4 is 10.5 Å². The Morgan fingerprint density at radius 1 is 1.16 bits per heavy atom. The molecule has 0 aromatic heterocycles. The fourth-order valence-corrected chi connectivity index (χ4v) is 2.07. The summed E-state index contributed by atoms with van der Waals surface area (Å²) in [6, 6.07) is 12.4. The highest BCUT2D eigenvalue weighted by Gasteiger charge is 2.07. The summed E-state index contributed by atoms with van der Waals surface area (Å²) in [5.41, 5.74) is 6.88. The van der Waals surface area contributed by atoms with Crippen molar-refractivity contribution in [3.63, 3.8) is 0 Å². The highest BCUT2D eigenvalue weighted by Crippen LogP contribution is 2.24. The molecule has 0 amide bonds. The molecule has 2 aromatic carbocycles. The smallest absolute Gasteiger partial charge is 0.130 e. The minimum absolute atomic E-state index is 0.0298. The van der Waals surface area contributed by atoms with Crippen molar-refractivity contribution in [2.24, 2.45) is 5.73 Å². The van der Waals surface area contributed by atoms with E-state index in [4.69, 9.17) is 39.1 Å². The van der Waals surface area contributed by atoms with Gasteiger partial charge >= 0.3 is 0 Å². The number of amidine groups is 1. The molecule has 0 heterocycles. The summed E-state index contributed by atoms with van der Waals surface area (Å²) in [4.78, 5) is 0. The van der Waals surface area contributed by atoms with Crippen LogP contribution in [0.3, 0.4) is 0 Å². The summed E-state index contributed by atoms with van der Waals surface area (Å²) >= 11 is 11.9. The Balaban J connectivity index is 2.17. The van der Waals surface area contributed by atoms with E-state index >= 15 is 0 Å². The molecule has 2 aromatic rings. The molecule has 98 valence electrons. The number of nitrogens with two attached hydrogens (primary N) is 1. The van der Waals surface area contributed by atoms with Gasteiger partial charge in [0.15, 0.2) is 0 Å². The van der Waals surface area contributed by atoms with E-state index in [-0.39, 0.29) is 5.84 Å². The number of para-hydroxylation sites is 1. The summed E-state index contributed by atoms with van der Waals surface area (Å²) in [6.45, 7) is 0.292. The zero-order chi connectivity index (χ0) is 13.8. The lowest BCUT2D eigenvalue weighted by molar-refractivity contribution is 0.305. The van der Waals surface area contributed by atoms with Crippen LogP contribution in [0.5, 0.6) is 5.75 Å². The van der Waals surface area contributed by atoms with Crippen LogP contribution >= 0.6 is 23.2 Å². The van der Waals surface area contributed by atoms with Crippen molar-refractivity contribution in [3.05, 3.63) is 63.6 Å². The number of nitrogen functional groups attached to an aromatic ring is 1. The van der Waals surface area contributed by atoms with Gasteiger partial charge in [-0.05, 0) is 24.3 Å². The van der Waals surface area contributed by atoms with Crippen LogP contribution in [0.2, 0.25) is 10.0 Å². The minimum Gasteiger partial charge on any atom is -0.488 e. The second kappa shape index (κ2) is 5.95. The van der Waals surface area contributed by atoms with Crippen molar-refractivity contribution < 1.29 is 4.74 Å². The average Bonchev–Trinajstić information content (AvgIpc) is 2.38. The SMILES string of the molecule is N=C(N)c1ccccc1OCc1ccc(Cl)cc1Cl. The molecule has 19 heavy (non-hydrogen) atoms. The zero-order valence-electron chi connectivity index (χ0n) is 9.99. The number of nitrogens with one attached hydrogen (secondary N) is 1. The third kappa shape index (κ3) is 3.40. The minimum atomic E-state index is -0.0298. The molecule has 0 radical (unpaired) electrons. The lowest BCUT2D eigenvalue weighted by Gasteiger charge is -2.11. The van der Waals surface area contributed by atoms with Crippen LogP contribution in [0.4, 0.5) is 0 Å². The van der Waals surface area contributed by atoms with E-state index in [1.165, 1.54) is 0 Å². The number of benzene rings is 2. The van der Waals surface area contributed by atoms with Gasteiger partial charge in [-0.3, -0.25) is 5.41 Å². The van der Waals surface area contributed by atoms with Crippen molar-refractivity contribution in [1.29, 1.82) is 5.41 Å². The van der Waals surface area contributed by atoms with Crippen LogP contribution in [0.15, 0.2) is 42.5 Å². The number of hydrogen-bond donors (Lipinski definition) is 2. The van der Waals surface area contributed by atoms with E-state index in [1.807, 2.05) is 6.07 Å². The maximum absolute atomic E-state index is 7.48. The standard InChI is InChI=1S/C14H12Cl2N2O/c15-10-6-5-9(12(16)7-10)8-19-13-4-2-1-3-11(13)14(17)18/h1-7H,8H2,(H3,17,18). The average molecular weight is 295 g/mol. The van der Waals surface area contributed by atoms with Crippen LogP contribution in [-0.4, -0.2) is 5.84 Å². The first kappa shape index (κ1) is 13.7. The molecule has 3 nitrogen and oxygen atoms in total. The highest BCUT2D eigenvalue weighted by atomic mass is 35.5. The third-order valence-corrected chi connectivity index (χ3v) is 3.16. The van der Waals surface area contributed by atoms with E-state index in [9.17, 15) is 0 Å². The summed E-state index contributed by atoms with van der Waals surface area (Å²) in [7, 11) is 0. The maximum atomic E-state index is 7.48. The van der Waals surface area contributed by atoms with E-state index in [0.29, 0.717) is 28.0 Å². The molecule has 0 aliphatic carbocycles. The van der Waals surface area contributed by atoms with Gasteiger partial charge in [-0.25, -0.2) is 0 Å². The van der Waals surface area contributed by atoms with Gasteiger partial charge < -0.3 is 10.5 Å². The van der Waals surface area contributed by atoms with Crippen LogP contribution in [0.1, 0.15) is 11.1 Å². The van der Waals surface area contributed by atoms with Gasteiger partial charge in [0, 0.05) is 15.6 Å². The van der Waals surface area contributed by atoms with Gasteiger partial charge in [-0.2, -0.15) is 0 Å². The molecule has 0 unspecified atom stereocenters. The van der Waals surface area contributed by atoms with Gasteiger partial charge in [0.1, 0.15) is 18.2 Å². The Morgan fingerprint density at radius 3 is 2.58 bits per heavy atom. The van der Waals surface area contributed by atoms with Crippen molar-refractivity contribution >= 4 is 29.0 Å². The molecular formula is C14H12Cl2N2O. The Morgan fingerprint density at radius 2 is 1.89 bits per heavy atom. The molecule has 0 saturated carbocycles. The van der Waals surface area contributed by atoms with Gasteiger partial charge in [-0.15, -0.1) is 0 Å². The topological polar surface area (TPSA) is 59.1 Å². The first-order chi connectivity index (χ1) is 9.08. The molecule has 5 heteroatoms. The highest BCUT2D eigenvalue weighted by molar-refractivity contribution is 6.35. The molecule has 0 fully saturated rings. The molecule has 0 bridgehead atoms. The lowest BCUT2D eigenvalue weighted by Crippen LogP contribution is -2.13. The van der Waals surface area contributed by atoms with Crippen molar-refractivity contribution in [2.75, 3.05) is 0 Å². The predicted molar refractivity (Wildman–Crippen MR) is 78.3 cm³/mol. The zero-order valence-corrected chi connectivity index (χ0v) is 11.5. The molecule has 0 saturated heterocycles. The molecular weight excluding hydrogens is 283 g/mol. The fourth-order valence-electron chi connectivity index (χ4n) is 1.61. The van der Waals surface area contributed by atoms with E-state index in [1.54, 1.807) is 36.4 Å². The molecule has 2 rings (SSSR count). The van der Waals surface area contributed by atoms with Crippen LogP contribution in [0.25, 0.3) is 0 Å². The predicted octanol–water partition coefficient (Wildman–Crippen LogP) is 3.86. The number of hydrogen-bond acceptors (Lipinski definition) is 2. The Labute approximate surface area is 121 Å². The number of ether oxygens (including phenoxy) is 1. The van der Waals surface area contributed by atoms with Gasteiger partial charge in [0.05, 0.1) is 5.56 Å². The maximum Gasteiger partial charge on any atom is 0.130 e. The van der Waals surface area contributed by atoms with E-state index in [2.05, 4.69) is 0 Å². The van der Waals surface area contributed by atoms with Gasteiger partial charge in [0.2, 0.25) is 0 Å². The molecule has 0 atom stereocenters. The first-order valence-corrected chi connectivity index (χ1v) is 6.33. The third-order valence-electron chi connectivity index (χ3n) is 2.58. The normalized spacial score (nSPS) is 10.2. The fraction of sp³-hybridized carbons (Fsp3) is 0.0714. The lowest BCUT2D eigenvalue weighted by atomic mass is 10.2. The Kier molecular flexibility index (Phi) is 4.30. The quantitative estimate of drug-likeness (QED) is 0.664. The van der Waals surface area contributed by atoms with Crippen molar-refractivity contribution in [2.45, 2.75) is 6.61 Å². The number of halogens is 2. The van der Waals surface area contributed by atoms with Crippen molar-refractivity contribution in [3.8, 4) is 5.75 Å². The Bertz CT molecular complexity index is 614. The van der Waals surface area contributed by atoms with Crippen molar-refractivity contribution in [1.82, 2.24) is 0 Å². The first-order valence-electron chi connectivity index (χ1n) is 5.58. The molecule has 3 N–H and O–H groups in total. The summed E-state index contributed by atoms with van der Waals surface area (Å²) < 4.78 is 5.66. The monoisotopic (exact) mass is 294 g/mol. The largest absolute Gasteiger partial charge is 0.488 e.